The van der Waals surface area contributed by atoms with Gasteiger partial charge in [0, 0.05) is 17.6 Å². The predicted molar refractivity (Wildman–Crippen MR) is 56.1 cm³/mol. The zero-order valence-electron chi connectivity index (χ0n) is 8.74. The summed E-state index contributed by atoms with van der Waals surface area (Å²) in [6.07, 6.45) is 2.12. The number of ketones is 1. The number of para-hydroxylation sites is 1. The lowest BCUT2D eigenvalue weighted by molar-refractivity contribution is -0.113. The molecule has 3 nitrogen and oxygen atoms in total. The number of benzene rings is 1. The Labute approximate surface area is 88.3 Å². The van der Waals surface area contributed by atoms with Gasteiger partial charge in [0.05, 0.1) is 13.4 Å². The second kappa shape index (κ2) is 3.77. The van der Waals surface area contributed by atoms with Crippen molar-refractivity contribution in [3.63, 3.8) is 0 Å². The van der Waals surface area contributed by atoms with E-state index in [2.05, 4.69) is 0 Å². The van der Waals surface area contributed by atoms with Crippen molar-refractivity contribution in [3.05, 3.63) is 35.6 Å². The molecule has 0 saturated heterocycles. The van der Waals surface area contributed by atoms with Gasteiger partial charge in [-0.05, 0) is 13.0 Å². The Morgan fingerprint density at radius 3 is 2.93 bits per heavy atom. The molecular weight excluding hydrogens is 192 g/mol. The molecule has 1 aliphatic heterocycles. The second-order valence-electron chi connectivity index (χ2n) is 3.44. The lowest BCUT2D eigenvalue weighted by Gasteiger charge is -2.17. The highest BCUT2D eigenvalue weighted by Gasteiger charge is 2.18. The molecular formula is C12H12O3. The van der Waals surface area contributed by atoms with E-state index in [0.717, 1.165) is 5.56 Å². The van der Waals surface area contributed by atoms with Gasteiger partial charge in [-0.3, -0.25) is 4.79 Å². The van der Waals surface area contributed by atoms with E-state index in [4.69, 9.17) is 9.47 Å². The highest BCUT2D eigenvalue weighted by molar-refractivity contribution is 5.94. The van der Waals surface area contributed by atoms with Crippen molar-refractivity contribution in [2.24, 2.45) is 0 Å². The van der Waals surface area contributed by atoms with Crippen LogP contribution in [-0.4, -0.2) is 12.9 Å². The number of rotatable bonds is 2. The maximum atomic E-state index is 11.2. The Hall–Kier alpha value is -1.77. The molecule has 1 aromatic rings. The summed E-state index contributed by atoms with van der Waals surface area (Å²) in [6.45, 7) is 1.54. The number of Topliss-reactive ketones (excluding diaryl/α,β-unsaturated/α-hetero) is 1. The molecule has 1 aliphatic rings. The largest absolute Gasteiger partial charge is 0.493 e. The van der Waals surface area contributed by atoms with Gasteiger partial charge in [0.25, 0.3) is 0 Å². The van der Waals surface area contributed by atoms with Gasteiger partial charge in [0.15, 0.2) is 17.3 Å². The number of carbonyl (C=O) groups is 1. The Bertz CT molecular complexity index is 432. The molecule has 15 heavy (non-hydrogen) atoms. The minimum absolute atomic E-state index is 0.0449. The van der Waals surface area contributed by atoms with Crippen LogP contribution in [0.4, 0.5) is 0 Å². The van der Waals surface area contributed by atoms with Gasteiger partial charge < -0.3 is 9.47 Å². The van der Waals surface area contributed by atoms with Crippen LogP contribution in [0.5, 0.6) is 11.5 Å². The molecule has 3 heteroatoms. The van der Waals surface area contributed by atoms with Crippen molar-refractivity contribution in [3.8, 4) is 11.5 Å². The number of hydrogen-bond acceptors (Lipinski definition) is 3. The fourth-order valence-corrected chi connectivity index (χ4v) is 1.58. The van der Waals surface area contributed by atoms with Gasteiger partial charge >= 0.3 is 0 Å². The molecule has 0 bridgehead atoms. The topological polar surface area (TPSA) is 35.5 Å². The van der Waals surface area contributed by atoms with E-state index in [1.165, 1.54) is 6.26 Å². The monoisotopic (exact) mass is 204 g/mol. The van der Waals surface area contributed by atoms with E-state index < -0.39 is 0 Å². The molecule has 1 aromatic carbocycles. The fraction of sp³-hybridized carbons (Fsp3) is 0.250. The molecule has 2 rings (SSSR count). The van der Waals surface area contributed by atoms with Crippen LogP contribution in [-0.2, 0) is 11.2 Å². The summed E-state index contributed by atoms with van der Waals surface area (Å²) in [5.41, 5.74) is 1.68. The Kier molecular flexibility index (Phi) is 2.46. The Morgan fingerprint density at radius 1 is 1.47 bits per heavy atom. The third kappa shape index (κ3) is 1.73. The lowest BCUT2D eigenvalue weighted by atomic mass is 10.0. The first kappa shape index (κ1) is 9.77. The van der Waals surface area contributed by atoms with Crippen LogP contribution in [0, 0.1) is 0 Å². The van der Waals surface area contributed by atoms with Crippen LogP contribution in [0.25, 0.3) is 0 Å². The van der Waals surface area contributed by atoms with Crippen LogP contribution in [0.3, 0.4) is 0 Å². The molecule has 0 amide bonds. The van der Waals surface area contributed by atoms with Crippen molar-refractivity contribution < 1.29 is 14.3 Å². The summed E-state index contributed by atoms with van der Waals surface area (Å²) in [7, 11) is 1.60. The van der Waals surface area contributed by atoms with Crippen LogP contribution in [0.1, 0.15) is 12.5 Å². The number of ether oxygens (including phenoxy) is 2. The summed E-state index contributed by atoms with van der Waals surface area (Å²) in [5, 5.41) is 0. The minimum atomic E-state index is 0.0449. The Balaban J connectivity index is 2.38. The van der Waals surface area contributed by atoms with Crippen molar-refractivity contribution >= 4 is 5.78 Å². The molecule has 0 atom stereocenters. The molecule has 0 fully saturated rings. The third-order valence-electron chi connectivity index (χ3n) is 2.43. The molecule has 0 N–H and O–H groups in total. The van der Waals surface area contributed by atoms with E-state index in [9.17, 15) is 4.79 Å². The second-order valence-corrected chi connectivity index (χ2v) is 3.44. The lowest BCUT2D eigenvalue weighted by Crippen LogP contribution is -2.09. The first-order valence-electron chi connectivity index (χ1n) is 4.75. The van der Waals surface area contributed by atoms with Gasteiger partial charge in [0.1, 0.15) is 0 Å². The molecule has 0 aliphatic carbocycles. The third-order valence-corrected chi connectivity index (χ3v) is 2.43. The highest BCUT2D eigenvalue weighted by Crippen LogP contribution is 2.35. The average molecular weight is 204 g/mol. The molecule has 1 heterocycles. The quantitative estimate of drug-likeness (QED) is 0.740. The smallest absolute Gasteiger partial charge is 0.171 e. The zero-order chi connectivity index (χ0) is 10.8. The van der Waals surface area contributed by atoms with Crippen molar-refractivity contribution in [2.75, 3.05) is 7.11 Å². The summed E-state index contributed by atoms with van der Waals surface area (Å²) < 4.78 is 10.6. The SMILES string of the molecule is COc1cccc2c1OC=C(C(C)=O)C2. The van der Waals surface area contributed by atoms with Gasteiger partial charge in [0.2, 0.25) is 0 Å². The van der Waals surface area contributed by atoms with Crippen molar-refractivity contribution in [1.82, 2.24) is 0 Å². The van der Waals surface area contributed by atoms with Gasteiger partial charge in [-0.15, -0.1) is 0 Å². The first-order chi connectivity index (χ1) is 7.22. The van der Waals surface area contributed by atoms with E-state index in [1.54, 1.807) is 14.0 Å². The van der Waals surface area contributed by atoms with Crippen LogP contribution >= 0.6 is 0 Å². The van der Waals surface area contributed by atoms with E-state index in [1.807, 2.05) is 18.2 Å². The zero-order valence-corrected chi connectivity index (χ0v) is 8.74. The number of hydrogen-bond donors (Lipinski definition) is 0. The van der Waals surface area contributed by atoms with Gasteiger partial charge in [-0.2, -0.15) is 0 Å². The van der Waals surface area contributed by atoms with Crippen LogP contribution < -0.4 is 9.47 Å². The number of fused-ring (bicyclic) bond motifs is 1. The Morgan fingerprint density at radius 2 is 2.27 bits per heavy atom. The van der Waals surface area contributed by atoms with Crippen LogP contribution in [0.15, 0.2) is 30.0 Å². The van der Waals surface area contributed by atoms with E-state index >= 15 is 0 Å². The van der Waals surface area contributed by atoms with Crippen molar-refractivity contribution in [1.29, 1.82) is 0 Å². The normalized spacial score (nSPS) is 13.6. The summed E-state index contributed by atoms with van der Waals surface area (Å²) in [5.74, 6) is 1.46. The average Bonchev–Trinajstić information content (AvgIpc) is 2.27. The number of carbonyl (C=O) groups excluding carboxylic acids is 1. The van der Waals surface area contributed by atoms with Crippen molar-refractivity contribution in [2.45, 2.75) is 13.3 Å². The summed E-state index contributed by atoms with van der Waals surface area (Å²) >= 11 is 0. The van der Waals surface area contributed by atoms with E-state index in [-0.39, 0.29) is 5.78 Å². The molecule has 78 valence electrons. The molecule has 0 spiro atoms. The molecule has 0 unspecified atom stereocenters. The van der Waals surface area contributed by atoms with Gasteiger partial charge in [-0.25, -0.2) is 0 Å². The molecule has 0 aromatic heterocycles. The van der Waals surface area contributed by atoms with Gasteiger partial charge in [-0.1, -0.05) is 12.1 Å². The van der Waals surface area contributed by atoms with E-state index in [0.29, 0.717) is 23.5 Å². The minimum Gasteiger partial charge on any atom is -0.493 e. The fourth-order valence-electron chi connectivity index (χ4n) is 1.58. The summed E-state index contributed by atoms with van der Waals surface area (Å²) in [6, 6.07) is 5.67. The highest BCUT2D eigenvalue weighted by atomic mass is 16.5. The predicted octanol–water partition coefficient (Wildman–Crippen LogP) is 2.10. The first-order valence-corrected chi connectivity index (χ1v) is 4.75. The maximum absolute atomic E-state index is 11.2. The molecule has 0 saturated carbocycles. The number of methoxy groups -OCH3 is 1. The number of allylic oxidation sites excluding steroid dienone is 1. The summed E-state index contributed by atoms with van der Waals surface area (Å²) in [4.78, 5) is 11.2. The van der Waals surface area contributed by atoms with Crippen LogP contribution in [0.2, 0.25) is 0 Å². The maximum Gasteiger partial charge on any atom is 0.171 e. The molecule has 0 radical (unpaired) electrons. The standard InChI is InChI=1S/C12H12O3/c1-8(13)10-6-9-4-3-5-11(14-2)12(9)15-7-10/h3-5,7H,6H2,1-2H3.